The zero-order chi connectivity index (χ0) is 24.2. The number of carbonyl (C=O) groups excluding carboxylic acids is 1. The first-order valence-corrected chi connectivity index (χ1v) is 13.2. The largest absolute Gasteiger partial charge is 0.492 e. The Balaban J connectivity index is 1.45. The molecule has 2 aliphatic rings. The predicted molar refractivity (Wildman–Crippen MR) is 139 cm³/mol. The van der Waals surface area contributed by atoms with Crippen LogP contribution in [0.15, 0.2) is 30.3 Å². The predicted octanol–water partition coefficient (Wildman–Crippen LogP) is 6.18. The summed E-state index contributed by atoms with van der Waals surface area (Å²) < 4.78 is 5.89. The van der Waals surface area contributed by atoms with Crippen LogP contribution in [0.25, 0.3) is 0 Å². The standard InChI is InChI=1S/C29H39ClN2O2/c1-20(2)16-32(17-23-14-24-7-5-6-12-34-28(24)27(30)15-23)29(33)25-10-11-31(18-25)19-26-13-21(3)8-9-22(26)4/h8-9,13-15,20,25H,5-7,10-12,16-19H2,1-4H3. The molecule has 5 heteroatoms. The molecule has 2 heterocycles. The zero-order valence-electron chi connectivity index (χ0n) is 21.2. The molecule has 1 saturated heterocycles. The summed E-state index contributed by atoms with van der Waals surface area (Å²) in [5.41, 5.74) is 6.27. The second-order valence-corrected chi connectivity index (χ2v) is 11.0. The minimum Gasteiger partial charge on any atom is -0.492 e. The van der Waals surface area contributed by atoms with Crippen LogP contribution in [0.2, 0.25) is 5.02 Å². The number of fused-ring (bicyclic) bond motifs is 1. The van der Waals surface area contributed by atoms with Gasteiger partial charge in [0.15, 0.2) is 0 Å². The number of aryl methyl sites for hydroxylation is 3. The fraction of sp³-hybridized carbons (Fsp3) is 0.552. The summed E-state index contributed by atoms with van der Waals surface area (Å²) in [4.78, 5) is 18.2. The van der Waals surface area contributed by atoms with E-state index in [1.807, 2.05) is 6.07 Å². The number of halogens is 1. The fourth-order valence-corrected chi connectivity index (χ4v) is 5.60. The molecular formula is C29H39ClN2O2. The van der Waals surface area contributed by atoms with Crippen LogP contribution in [0.3, 0.4) is 0 Å². The van der Waals surface area contributed by atoms with E-state index in [1.54, 1.807) is 0 Å². The molecule has 1 amide bonds. The van der Waals surface area contributed by atoms with Gasteiger partial charge in [0.25, 0.3) is 0 Å². The second kappa shape index (κ2) is 11.1. The van der Waals surface area contributed by atoms with Crippen LogP contribution >= 0.6 is 11.6 Å². The number of likely N-dealkylation sites (tertiary alicyclic amines) is 1. The normalized spacial score (nSPS) is 18.5. The third-order valence-corrected chi connectivity index (χ3v) is 7.34. The van der Waals surface area contributed by atoms with Gasteiger partial charge in [0.05, 0.1) is 17.5 Å². The van der Waals surface area contributed by atoms with Gasteiger partial charge in [0, 0.05) is 26.2 Å². The van der Waals surface area contributed by atoms with Crippen LogP contribution in [0, 0.1) is 25.7 Å². The Bertz CT molecular complexity index is 1020. The Morgan fingerprint density at radius 3 is 2.82 bits per heavy atom. The van der Waals surface area contributed by atoms with Gasteiger partial charge in [-0.15, -0.1) is 0 Å². The maximum absolute atomic E-state index is 13.7. The van der Waals surface area contributed by atoms with Gasteiger partial charge in [0.1, 0.15) is 5.75 Å². The Morgan fingerprint density at radius 1 is 1.21 bits per heavy atom. The highest BCUT2D eigenvalue weighted by atomic mass is 35.5. The molecule has 0 saturated carbocycles. The third kappa shape index (κ3) is 6.14. The summed E-state index contributed by atoms with van der Waals surface area (Å²) in [6, 6.07) is 10.8. The Labute approximate surface area is 210 Å². The topological polar surface area (TPSA) is 32.8 Å². The van der Waals surface area contributed by atoms with E-state index in [1.165, 1.54) is 22.3 Å². The number of hydrogen-bond acceptors (Lipinski definition) is 3. The molecule has 0 aromatic heterocycles. The lowest BCUT2D eigenvalue weighted by Gasteiger charge is -2.28. The SMILES string of the molecule is Cc1ccc(C)c(CN2CCC(C(=O)N(Cc3cc(Cl)c4c(c3)CCCCO4)CC(C)C)C2)c1. The highest BCUT2D eigenvalue weighted by Gasteiger charge is 2.32. The van der Waals surface area contributed by atoms with Crippen molar-refractivity contribution in [3.63, 3.8) is 0 Å². The summed E-state index contributed by atoms with van der Waals surface area (Å²) in [6.07, 6.45) is 4.08. The molecule has 2 aliphatic heterocycles. The molecule has 1 atom stereocenters. The Morgan fingerprint density at radius 2 is 2.03 bits per heavy atom. The van der Waals surface area contributed by atoms with Gasteiger partial charge < -0.3 is 9.64 Å². The quantitative estimate of drug-likeness (QED) is 0.472. The summed E-state index contributed by atoms with van der Waals surface area (Å²) >= 11 is 6.60. The van der Waals surface area contributed by atoms with E-state index in [0.29, 0.717) is 17.5 Å². The van der Waals surface area contributed by atoms with Crippen LogP contribution < -0.4 is 4.74 Å². The van der Waals surface area contributed by atoms with Crippen molar-refractivity contribution in [2.24, 2.45) is 11.8 Å². The van der Waals surface area contributed by atoms with Crippen molar-refractivity contribution in [1.29, 1.82) is 0 Å². The lowest BCUT2D eigenvalue weighted by molar-refractivity contribution is -0.136. The zero-order valence-corrected chi connectivity index (χ0v) is 22.0. The molecule has 2 aromatic carbocycles. The number of carbonyl (C=O) groups is 1. The molecule has 0 aliphatic carbocycles. The van der Waals surface area contributed by atoms with Crippen molar-refractivity contribution in [3.05, 3.63) is 63.2 Å². The molecule has 1 fully saturated rings. The van der Waals surface area contributed by atoms with Crippen LogP contribution in [-0.4, -0.2) is 41.9 Å². The van der Waals surface area contributed by atoms with Crippen molar-refractivity contribution in [3.8, 4) is 5.75 Å². The highest BCUT2D eigenvalue weighted by Crippen LogP contribution is 2.34. The number of nitrogens with zero attached hydrogens (tertiary/aromatic N) is 2. The molecule has 0 radical (unpaired) electrons. The molecule has 34 heavy (non-hydrogen) atoms. The van der Waals surface area contributed by atoms with Crippen LogP contribution in [0.4, 0.5) is 0 Å². The van der Waals surface area contributed by atoms with Gasteiger partial charge in [-0.25, -0.2) is 0 Å². The maximum atomic E-state index is 13.7. The summed E-state index contributed by atoms with van der Waals surface area (Å²) in [7, 11) is 0. The third-order valence-electron chi connectivity index (χ3n) is 7.06. The van der Waals surface area contributed by atoms with Gasteiger partial charge >= 0.3 is 0 Å². The first-order chi connectivity index (χ1) is 16.3. The van der Waals surface area contributed by atoms with Crippen molar-refractivity contribution in [2.45, 2.75) is 66.5 Å². The van der Waals surface area contributed by atoms with E-state index in [2.05, 4.69) is 61.8 Å². The number of benzene rings is 2. The molecule has 4 nitrogen and oxygen atoms in total. The van der Waals surface area contributed by atoms with Crippen LogP contribution in [0.5, 0.6) is 5.75 Å². The average molecular weight is 483 g/mol. The Kier molecular flexibility index (Phi) is 8.21. The summed E-state index contributed by atoms with van der Waals surface area (Å²) in [5.74, 6) is 1.58. The average Bonchev–Trinajstić information content (AvgIpc) is 3.11. The lowest BCUT2D eigenvalue weighted by atomic mass is 10.0. The molecular weight excluding hydrogens is 444 g/mol. The second-order valence-electron chi connectivity index (χ2n) is 10.6. The van der Waals surface area contributed by atoms with E-state index in [4.69, 9.17) is 16.3 Å². The minimum atomic E-state index is 0.0588. The van der Waals surface area contributed by atoms with Gasteiger partial charge in [-0.1, -0.05) is 55.3 Å². The molecule has 184 valence electrons. The molecule has 0 N–H and O–H groups in total. The van der Waals surface area contributed by atoms with Gasteiger partial charge in [0.2, 0.25) is 5.91 Å². The molecule has 4 rings (SSSR count). The van der Waals surface area contributed by atoms with Gasteiger partial charge in [-0.2, -0.15) is 0 Å². The summed E-state index contributed by atoms with van der Waals surface area (Å²) in [6.45, 7) is 13.5. The first-order valence-electron chi connectivity index (χ1n) is 12.8. The van der Waals surface area contributed by atoms with Crippen molar-refractivity contribution >= 4 is 17.5 Å². The first kappa shape index (κ1) is 25.1. The highest BCUT2D eigenvalue weighted by molar-refractivity contribution is 6.32. The van der Waals surface area contributed by atoms with E-state index < -0.39 is 0 Å². The van der Waals surface area contributed by atoms with Crippen LogP contribution in [0.1, 0.15) is 60.9 Å². The fourth-order valence-electron chi connectivity index (χ4n) is 5.28. The molecule has 0 bridgehead atoms. The lowest BCUT2D eigenvalue weighted by Crippen LogP contribution is -2.39. The maximum Gasteiger partial charge on any atom is 0.227 e. The van der Waals surface area contributed by atoms with Crippen LogP contribution in [-0.2, 0) is 24.3 Å². The van der Waals surface area contributed by atoms with Crippen molar-refractivity contribution in [2.75, 3.05) is 26.2 Å². The van der Waals surface area contributed by atoms with Gasteiger partial charge in [-0.3, -0.25) is 9.69 Å². The smallest absolute Gasteiger partial charge is 0.227 e. The molecule has 1 unspecified atom stereocenters. The van der Waals surface area contributed by atoms with E-state index in [0.717, 1.165) is 69.8 Å². The number of rotatable bonds is 7. The number of ether oxygens (including phenoxy) is 1. The minimum absolute atomic E-state index is 0.0588. The monoisotopic (exact) mass is 482 g/mol. The van der Waals surface area contributed by atoms with E-state index in [-0.39, 0.29) is 11.8 Å². The van der Waals surface area contributed by atoms with Crippen molar-refractivity contribution < 1.29 is 9.53 Å². The Hall–Kier alpha value is -2.04. The van der Waals surface area contributed by atoms with Crippen molar-refractivity contribution in [1.82, 2.24) is 9.80 Å². The summed E-state index contributed by atoms with van der Waals surface area (Å²) in [5, 5.41) is 0.673. The van der Waals surface area contributed by atoms with E-state index >= 15 is 0 Å². The molecule has 0 spiro atoms. The van der Waals surface area contributed by atoms with E-state index in [9.17, 15) is 4.79 Å². The number of hydrogen-bond donors (Lipinski definition) is 0. The number of amides is 1. The van der Waals surface area contributed by atoms with Gasteiger partial charge in [-0.05, 0) is 80.3 Å². The molecule has 2 aromatic rings.